The Morgan fingerprint density at radius 2 is 1.73 bits per heavy atom. The molecule has 2 heterocycles. The third-order valence-corrected chi connectivity index (χ3v) is 17.3. The molecular formula is C36H60N2OS. The summed E-state index contributed by atoms with van der Waals surface area (Å²) in [6.07, 6.45) is 14.5. The number of nitrogens with one attached hydrogen (secondary N) is 1. The van der Waals surface area contributed by atoms with Gasteiger partial charge in [-0.25, -0.2) is 0 Å². The maximum Gasteiger partial charge on any atom is 0.0594 e. The van der Waals surface area contributed by atoms with Crippen LogP contribution in [0.1, 0.15) is 112 Å². The van der Waals surface area contributed by atoms with E-state index in [0.717, 1.165) is 35.5 Å². The fourth-order valence-corrected chi connectivity index (χ4v) is 15.1. The summed E-state index contributed by atoms with van der Waals surface area (Å²) in [6, 6.07) is 0.851. The lowest BCUT2D eigenvalue weighted by molar-refractivity contribution is -0.243. The number of hydrogen-bond acceptors (Lipinski definition) is 4. The van der Waals surface area contributed by atoms with Gasteiger partial charge in [-0.1, -0.05) is 46.8 Å². The summed E-state index contributed by atoms with van der Waals surface area (Å²) >= 11 is 2.22. The van der Waals surface area contributed by atoms with Crippen LogP contribution in [0, 0.1) is 51.2 Å². The molecule has 12 atom stereocenters. The third kappa shape index (κ3) is 3.79. The summed E-state index contributed by atoms with van der Waals surface area (Å²) in [4.78, 5) is 2.81. The molecule has 0 unspecified atom stereocenters. The monoisotopic (exact) mass is 568 g/mol. The van der Waals surface area contributed by atoms with Crippen molar-refractivity contribution in [3.8, 4) is 0 Å². The van der Waals surface area contributed by atoms with E-state index in [1.807, 2.05) is 0 Å². The molecule has 7 rings (SSSR count). The van der Waals surface area contributed by atoms with E-state index >= 15 is 0 Å². The molecule has 3 nitrogen and oxygen atoms in total. The van der Waals surface area contributed by atoms with Crippen LogP contribution in [0.2, 0.25) is 0 Å². The van der Waals surface area contributed by atoms with Crippen molar-refractivity contribution in [1.29, 1.82) is 0 Å². The van der Waals surface area contributed by atoms with Crippen LogP contribution in [-0.4, -0.2) is 58.3 Å². The predicted octanol–water partition coefficient (Wildman–Crippen LogP) is 7.54. The van der Waals surface area contributed by atoms with Gasteiger partial charge in [0.05, 0.1) is 6.10 Å². The van der Waals surface area contributed by atoms with Gasteiger partial charge in [-0.3, -0.25) is 4.90 Å². The Hall–Kier alpha value is -0.0300. The molecule has 2 bridgehead atoms. The highest BCUT2D eigenvalue weighted by Crippen LogP contribution is 2.76. The molecular weight excluding hydrogens is 508 g/mol. The van der Waals surface area contributed by atoms with Gasteiger partial charge in [0, 0.05) is 42.2 Å². The van der Waals surface area contributed by atoms with Crippen molar-refractivity contribution in [3.63, 3.8) is 0 Å². The summed E-state index contributed by atoms with van der Waals surface area (Å²) in [5.41, 5.74) is 3.00. The Balaban J connectivity index is 1.16. The molecule has 40 heavy (non-hydrogen) atoms. The van der Waals surface area contributed by atoms with Gasteiger partial charge >= 0.3 is 0 Å². The lowest BCUT2D eigenvalue weighted by Gasteiger charge is -2.73. The van der Waals surface area contributed by atoms with Crippen LogP contribution < -0.4 is 5.32 Å². The number of aliphatic hydroxyl groups excluding tert-OH is 1. The van der Waals surface area contributed by atoms with Crippen molar-refractivity contribution in [2.24, 2.45) is 51.2 Å². The van der Waals surface area contributed by atoms with Crippen molar-refractivity contribution >= 4 is 11.8 Å². The van der Waals surface area contributed by atoms with Gasteiger partial charge in [-0.2, -0.15) is 11.8 Å². The van der Waals surface area contributed by atoms with Crippen LogP contribution in [0.4, 0.5) is 0 Å². The van der Waals surface area contributed by atoms with Crippen molar-refractivity contribution in [2.45, 2.75) is 135 Å². The molecule has 2 saturated heterocycles. The Morgan fingerprint density at radius 3 is 2.42 bits per heavy atom. The molecule has 0 aromatic rings. The largest absolute Gasteiger partial charge is 0.393 e. The second-order valence-corrected chi connectivity index (χ2v) is 18.8. The second kappa shape index (κ2) is 9.48. The van der Waals surface area contributed by atoms with E-state index in [1.54, 1.807) is 0 Å². The highest BCUT2D eigenvalue weighted by Gasteiger charge is 2.70. The van der Waals surface area contributed by atoms with Crippen molar-refractivity contribution in [3.05, 3.63) is 12.2 Å². The van der Waals surface area contributed by atoms with Gasteiger partial charge in [0.1, 0.15) is 0 Å². The Morgan fingerprint density at radius 1 is 0.925 bits per heavy atom. The average Bonchev–Trinajstić information content (AvgIpc) is 3.62. The molecule has 0 radical (unpaired) electrons. The summed E-state index contributed by atoms with van der Waals surface area (Å²) in [6.45, 7) is 23.7. The number of nitrogens with zero attached hydrogens (tertiary/aromatic N) is 1. The standard InChI is InChI=1S/C36H60N2OS/c1-23(2)26-10-15-36(37-18-19-38-21-25-20-24(38)22-40-25)17-16-34(6)27(31(26)36)8-9-29-33(5)13-12-30(39)32(3,4)28(33)11-14-35(29,34)7/h24-31,37,39H,1,8-22H2,2-7H3/t24-,25-,26-,27+,28-,29+,30-,31+,33-,34+,35+,36-/m0/s1. The van der Waals surface area contributed by atoms with Crippen LogP contribution in [-0.2, 0) is 0 Å². The molecule has 0 aromatic heterocycles. The lowest BCUT2D eigenvalue weighted by atomic mass is 9.32. The molecule has 5 aliphatic carbocycles. The van der Waals surface area contributed by atoms with Crippen molar-refractivity contribution < 1.29 is 5.11 Å². The van der Waals surface area contributed by atoms with Crippen molar-refractivity contribution in [1.82, 2.24) is 10.2 Å². The first-order chi connectivity index (χ1) is 18.9. The minimum absolute atomic E-state index is 0.0434. The molecule has 0 spiro atoms. The van der Waals surface area contributed by atoms with Crippen LogP contribution in [0.25, 0.3) is 0 Å². The molecule has 2 N–H and O–H groups in total. The van der Waals surface area contributed by atoms with Crippen LogP contribution in [0.3, 0.4) is 0 Å². The van der Waals surface area contributed by atoms with E-state index in [9.17, 15) is 5.11 Å². The zero-order valence-electron chi connectivity index (χ0n) is 26.7. The maximum absolute atomic E-state index is 11.1. The zero-order chi connectivity index (χ0) is 28.3. The summed E-state index contributed by atoms with van der Waals surface area (Å²) in [7, 11) is 0. The molecule has 7 fully saturated rings. The lowest BCUT2D eigenvalue weighted by Crippen LogP contribution is -2.69. The van der Waals surface area contributed by atoms with Gasteiger partial charge in [-0.05, 0) is 129 Å². The van der Waals surface area contributed by atoms with Crippen LogP contribution in [0.15, 0.2) is 12.2 Å². The van der Waals surface area contributed by atoms with E-state index in [2.05, 4.69) is 70.1 Å². The van der Waals surface area contributed by atoms with Gasteiger partial charge in [0.25, 0.3) is 0 Å². The molecule has 7 aliphatic rings. The van der Waals surface area contributed by atoms with Gasteiger partial charge in [0.2, 0.25) is 0 Å². The summed E-state index contributed by atoms with van der Waals surface area (Å²) in [5, 5.41) is 16.3. The minimum Gasteiger partial charge on any atom is -0.393 e. The van der Waals surface area contributed by atoms with Crippen LogP contribution >= 0.6 is 11.8 Å². The van der Waals surface area contributed by atoms with Gasteiger partial charge < -0.3 is 10.4 Å². The number of hydrogen-bond donors (Lipinski definition) is 2. The molecule has 0 amide bonds. The first kappa shape index (κ1) is 28.7. The Bertz CT molecular complexity index is 1030. The third-order valence-electron chi connectivity index (χ3n) is 15.9. The van der Waals surface area contributed by atoms with Gasteiger partial charge in [-0.15, -0.1) is 0 Å². The number of rotatable bonds is 5. The quantitative estimate of drug-likeness (QED) is 0.336. The average molecular weight is 569 g/mol. The molecule has 0 aromatic carbocycles. The van der Waals surface area contributed by atoms with E-state index in [0.29, 0.717) is 33.6 Å². The van der Waals surface area contributed by atoms with E-state index < -0.39 is 0 Å². The topological polar surface area (TPSA) is 35.5 Å². The maximum atomic E-state index is 11.1. The molecule has 2 aliphatic heterocycles. The summed E-state index contributed by atoms with van der Waals surface area (Å²) in [5.74, 6) is 5.06. The molecule has 226 valence electrons. The van der Waals surface area contributed by atoms with E-state index in [-0.39, 0.29) is 11.5 Å². The zero-order valence-corrected chi connectivity index (χ0v) is 27.6. The first-order valence-corrected chi connectivity index (χ1v) is 18.3. The number of allylic oxidation sites excluding steroid dienone is 1. The van der Waals surface area contributed by atoms with Crippen LogP contribution in [0.5, 0.6) is 0 Å². The highest BCUT2D eigenvalue weighted by molar-refractivity contribution is 8.00. The number of aliphatic hydroxyl groups is 1. The highest BCUT2D eigenvalue weighted by atomic mass is 32.2. The summed E-state index contributed by atoms with van der Waals surface area (Å²) < 4.78 is 0. The predicted molar refractivity (Wildman–Crippen MR) is 170 cm³/mol. The minimum atomic E-state index is -0.132. The fraction of sp³-hybridized carbons (Fsp3) is 0.944. The second-order valence-electron chi connectivity index (χ2n) is 17.5. The van der Waals surface area contributed by atoms with E-state index in [4.69, 9.17) is 0 Å². The fourth-order valence-electron chi connectivity index (χ4n) is 13.6. The first-order valence-electron chi connectivity index (χ1n) is 17.3. The number of thioether (sulfide) groups is 1. The SMILES string of the molecule is C=C(C)[C@@H]1CC[C@]2(NCCN3C[C@@H]4C[C@H]3CS4)CC[C@]3(C)[C@H](CC[C@@H]4[C@@]5(C)CC[C@H](O)C(C)(C)[C@@H]5CC[C@]43C)[C@@H]12. The Kier molecular flexibility index (Phi) is 6.81. The molecule has 5 saturated carbocycles. The smallest absolute Gasteiger partial charge is 0.0594 e. The number of likely N-dealkylation sites (tertiary alicyclic amines) is 1. The normalized spacial score (nSPS) is 54.9. The van der Waals surface area contributed by atoms with Gasteiger partial charge in [0.15, 0.2) is 0 Å². The Labute approximate surface area is 250 Å². The van der Waals surface area contributed by atoms with Crippen molar-refractivity contribution in [2.75, 3.05) is 25.4 Å². The van der Waals surface area contributed by atoms with E-state index in [1.165, 1.54) is 95.2 Å². The molecule has 4 heteroatoms. The number of fused-ring (bicyclic) bond motifs is 9.